The smallest absolute Gasteiger partial charge is 0.275 e. The van der Waals surface area contributed by atoms with Crippen LogP contribution in [-0.2, 0) is 13.0 Å². The standard InChI is InChI=1S/C28H36F2N4O2/c1-28(29,30)24-18-36-32-27(24)21-11-14-34(15-12-21)13-10-19-6-8-20(9-7-19)16-26(35)22-4-3-5-25-23(22)17-33(2)31-25/h3-5,17-21H,6-16H2,1-2H3. The highest BCUT2D eigenvalue weighted by Crippen LogP contribution is 2.38. The van der Waals surface area contributed by atoms with Gasteiger partial charge in [0.2, 0.25) is 0 Å². The predicted molar refractivity (Wildman–Crippen MR) is 134 cm³/mol. The maximum Gasteiger partial charge on any atom is 0.275 e. The number of alkyl halides is 2. The number of likely N-dealkylation sites (tertiary alicyclic amines) is 1. The molecule has 8 heteroatoms. The zero-order chi connectivity index (χ0) is 25.3. The molecule has 0 unspecified atom stereocenters. The summed E-state index contributed by atoms with van der Waals surface area (Å²) < 4.78 is 34.3. The van der Waals surface area contributed by atoms with Crippen molar-refractivity contribution in [3.63, 3.8) is 0 Å². The summed E-state index contributed by atoms with van der Waals surface area (Å²) in [6, 6.07) is 5.80. The number of benzene rings is 1. The minimum Gasteiger partial charge on any atom is -0.364 e. The van der Waals surface area contributed by atoms with Crippen molar-refractivity contribution in [1.29, 1.82) is 0 Å². The zero-order valence-corrected chi connectivity index (χ0v) is 21.3. The van der Waals surface area contributed by atoms with Gasteiger partial charge >= 0.3 is 0 Å². The van der Waals surface area contributed by atoms with Gasteiger partial charge in [-0.25, -0.2) is 8.78 Å². The third-order valence-electron chi connectivity index (χ3n) is 8.30. The van der Waals surface area contributed by atoms with Crippen molar-refractivity contribution in [2.24, 2.45) is 18.9 Å². The predicted octanol–water partition coefficient (Wildman–Crippen LogP) is 6.32. The third kappa shape index (κ3) is 5.53. The molecule has 0 bridgehead atoms. The lowest BCUT2D eigenvalue weighted by Crippen LogP contribution is -2.35. The Kier molecular flexibility index (Phi) is 7.24. The molecule has 3 aromatic rings. The Morgan fingerprint density at radius 2 is 1.83 bits per heavy atom. The number of rotatable bonds is 8. The Morgan fingerprint density at radius 1 is 1.11 bits per heavy atom. The lowest BCUT2D eigenvalue weighted by molar-refractivity contribution is 0.0153. The second-order valence-corrected chi connectivity index (χ2v) is 11.0. The van der Waals surface area contributed by atoms with Gasteiger partial charge in [-0.2, -0.15) is 5.10 Å². The first kappa shape index (κ1) is 25.1. The molecule has 1 saturated carbocycles. The molecule has 6 nitrogen and oxygen atoms in total. The number of carbonyl (C=O) groups excluding carboxylic acids is 1. The van der Waals surface area contributed by atoms with Crippen molar-refractivity contribution < 1.29 is 18.1 Å². The van der Waals surface area contributed by atoms with Gasteiger partial charge in [-0.1, -0.05) is 30.1 Å². The fourth-order valence-electron chi connectivity index (χ4n) is 6.16. The van der Waals surface area contributed by atoms with Crippen LogP contribution >= 0.6 is 0 Å². The molecule has 1 aromatic carbocycles. The monoisotopic (exact) mass is 498 g/mol. The molecule has 194 valence electrons. The van der Waals surface area contributed by atoms with E-state index in [9.17, 15) is 13.6 Å². The Hall–Kier alpha value is -2.61. The highest BCUT2D eigenvalue weighted by atomic mass is 19.3. The molecule has 2 fully saturated rings. The lowest BCUT2D eigenvalue weighted by Gasteiger charge is -2.34. The number of ketones is 1. The molecule has 5 rings (SSSR count). The van der Waals surface area contributed by atoms with Gasteiger partial charge in [0, 0.05) is 43.5 Å². The summed E-state index contributed by atoms with van der Waals surface area (Å²) in [7, 11) is 1.89. The van der Waals surface area contributed by atoms with Crippen LogP contribution in [0.1, 0.15) is 85.8 Å². The maximum absolute atomic E-state index is 13.8. The van der Waals surface area contributed by atoms with E-state index in [1.807, 2.05) is 31.4 Å². The fraction of sp³-hybridized carbons (Fsp3) is 0.607. The van der Waals surface area contributed by atoms with Gasteiger partial charge < -0.3 is 9.42 Å². The molecule has 3 heterocycles. The maximum atomic E-state index is 13.8. The summed E-state index contributed by atoms with van der Waals surface area (Å²) in [4.78, 5) is 15.5. The van der Waals surface area contributed by atoms with Crippen molar-refractivity contribution >= 4 is 16.7 Å². The van der Waals surface area contributed by atoms with Crippen LogP contribution in [0.4, 0.5) is 8.78 Å². The van der Waals surface area contributed by atoms with E-state index in [-0.39, 0.29) is 17.3 Å². The number of aryl methyl sites for hydroxylation is 1. The molecular formula is C28H36F2N4O2. The van der Waals surface area contributed by atoms with Gasteiger partial charge in [-0.05, 0) is 69.6 Å². The molecule has 1 aliphatic heterocycles. The number of nitrogens with zero attached hydrogens (tertiary/aromatic N) is 4. The van der Waals surface area contributed by atoms with Gasteiger partial charge in [0.1, 0.15) is 6.26 Å². The van der Waals surface area contributed by atoms with Gasteiger partial charge in [0.15, 0.2) is 5.78 Å². The van der Waals surface area contributed by atoms with Gasteiger partial charge in [-0.3, -0.25) is 9.48 Å². The summed E-state index contributed by atoms with van der Waals surface area (Å²) in [5.41, 5.74) is 2.05. The van der Waals surface area contributed by atoms with Gasteiger partial charge in [-0.15, -0.1) is 0 Å². The Morgan fingerprint density at radius 3 is 2.56 bits per heavy atom. The van der Waals surface area contributed by atoms with Crippen molar-refractivity contribution in [2.75, 3.05) is 19.6 Å². The SMILES string of the molecule is Cn1cc2c(C(=O)CC3CCC(CCN4CCC(c5nocc5C(C)(F)F)CC4)CC3)cccc2n1. The molecule has 1 aliphatic carbocycles. The van der Waals surface area contributed by atoms with Gasteiger partial charge in [0.05, 0.1) is 16.8 Å². The average molecular weight is 499 g/mol. The largest absolute Gasteiger partial charge is 0.364 e. The lowest BCUT2D eigenvalue weighted by atomic mass is 9.78. The van der Waals surface area contributed by atoms with Crippen LogP contribution < -0.4 is 0 Å². The molecular weight excluding hydrogens is 462 g/mol. The van der Waals surface area contributed by atoms with Crippen molar-refractivity contribution in [1.82, 2.24) is 19.8 Å². The summed E-state index contributed by atoms with van der Waals surface area (Å²) >= 11 is 0. The van der Waals surface area contributed by atoms with Crippen molar-refractivity contribution in [3.05, 3.63) is 47.5 Å². The molecule has 1 saturated heterocycles. The van der Waals surface area contributed by atoms with Crippen LogP contribution in [0.15, 0.2) is 35.2 Å². The first-order valence-corrected chi connectivity index (χ1v) is 13.3. The molecule has 0 radical (unpaired) electrons. The highest BCUT2D eigenvalue weighted by molar-refractivity contribution is 6.07. The Balaban J connectivity index is 1.05. The zero-order valence-electron chi connectivity index (χ0n) is 21.3. The number of aromatic nitrogens is 3. The molecule has 2 aliphatic rings. The van der Waals surface area contributed by atoms with Crippen LogP contribution in [-0.4, -0.2) is 45.3 Å². The molecule has 0 spiro atoms. The number of Topliss-reactive ketones (excluding diaryl/α,β-unsaturated/α-hetero) is 1. The Bertz CT molecular complexity index is 1180. The molecule has 0 atom stereocenters. The van der Waals surface area contributed by atoms with E-state index in [0.29, 0.717) is 24.0 Å². The number of hydrogen-bond acceptors (Lipinski definition) is 5. The van der Waals surface area contributed by atoms with E-state index in [1.165, 1.54) is 19.3 Å². The van der Waals surface area contributed by atoms with E-state index in [2.05, 4.69) is 15.2 Å². The Labute approximate surface area is 211 Å². The fourth-order valence-corrected chi connectivity index (χ4v) is 6.16. The van der Waals surface area contributed by atoms with Crippen molar-refractivity contribution in [2.45, 2.75) is 70.1 Å². The third-order valence-corrected chi connectivity index (χ3v) is 8.30. The number of fused-ring (bicyclic) bond motifs is 1. The minimum atomic E-state index is -2.91. The molecule has 2 aromatic heterocycles. The van der Waals surface area contributed by atoms with E-state index in [4.69, 9.17) is 4.52 Å². The van der Waals surface area contributed by atoms with Crippen LogP contribution in [0, 0.1) is 11.8 Å². The van der Waals surface area contributed by atoms with Crippen molar-refractivity contribution in [3.8, 4) is 0 Å². The molecule has 36 heavy (non-hydrogen) atoms. The van der Waals surface area contributed by atoms with Crippen LogP contribution in [0.5, 0.6) is 0 Å². The van der Waals surface area contributed by atoms with E-state index < -0.39 is 5.92 Å². The van der Waals surface area contributed by atoms with Crippen LogP contribution in [0.25, 0.3) is 10.9 Å². The van der Waals surface area contributed by atoms with Gasteiger partial charge in [0.25, 0.3) is 5.92 Å². The summed E-state index contributed by atoms with van der Waals surface area (Å²) in [6.07, 6.45) is 11.1. The summed E-state index contributed by atoms with van der Waals surface area (Å²) in [5.74, 6) is -1.47. The van der Waals surface area contributed by atoms with E-state index >= 15 is 0 Å². The first-order chi connectivity index (χ1) is 17.3. The molecule has 0 N–H and O–H groups in total. The number of halogens is 2. The second kappa shape index (κ2) is 10.4. The van der Waals surface area contributed by atoms with Crippen LogP contribution in [0.2, 0.25) is 0 Å². The van der Waals surface area contributed by atoms with E-state index in [1.54, 1.807) is 4.68 Å². The normalized spacial score (nSPS) is 22.3. The average Bonchev–Trinajstić information content (AvgIpc) is 3.50. The van der Waals surface area contributed by atoms with Crippen LogP contribution in [0.3, 0.4) is 0 Å². The first-order valence-electron chi connectivity index (χ1n) is 13.3. The minimum absolute atomic E-state index is 0.0475. The second-order valence-electron chi connectivity index (χ2n) is 11.0. The summed E-state index contributed by atoms with van der Waals surface area (Å²) in [6.45, 7) is 3.79. The number of hydrogen-bond donors (Lipinski definition) is 0. The number of piperidine rings is 1. The highest BCUT2D eigenvalue weighted by Gasteiger charge is 2.35. The number of carbonyl (C=O) groups is 1. The quantitative estimate of drug-likeness (QED) is 0.340. The topological polar surface area (TPSA) is 64.2 Å². The summed E-state index contributed by atoms with van der Waals surface area (Å²) in [5, 5.41) is 9.29. The van der Waals surface area contributed by atoms with E-state index in [0.717, 1.165) is 75.0 Å². The molecule has 0 amide bonds.